The molecule has 0 amide bonds. The lowest BCUT2D eigenvalue weighted by Gasteiger charge is -2.31. The Morgan fingerprint density at radius 2 is 1.83 bits per heavy atom. The van der Waals surface area contributed by atoms with Crippen LogP contribution in [0.2, 0.25) is 0 Å². The van der Waals surface area contributed by atoms with E-state index < -0.39 is 9.84 Å². The number of piperidine rings is 1. The highest BCUT2D eigenvalue weighted by Crippen LogP contribution is 2.17. The summed E-state index contributed by atoms with van der Waals surface area (Å²) >= 11 is 0. The lowest BCUT2D eigenvalue weighted by atomic mass is 10.00. The molecular weight excluding hydrogens is 437 g/mol. The monoisotopic (exact) mass is 465 g/mol. The number of halogens is 1. The number of guanidine groups is 1. The average molecular weight is 465 g/mol. The molecule has 0 spiro atoms. The molecule has 0 aliphatic carbocycles. The Morgan fingerprint density at radius 3 is 2.38 bits per heavy atom. The molecule has 1 aliphatic heterocycles. The van der Waals surface area contributed by atoms with Gasteiger partial charge in [-0.3, -0.25) is 0 Å². The topological polar surface area (TPSA) is 75.8 Å². The smallest absolute Gasteiger partial charge is 0.191 e. The summed E-state index contributed by atoms with van der Waals surface area (Å²) in [5.41, 5.74) is 7.09. The molecule has 5 nitrogen and oxygen atoms in total. The third-order valence-electron chi connectivity index (χ3n) is 4.30. The molecule has 1 unspecified atom stereocenters. The van der Waals surface area contributed by atoms with Crippen LogP contribution < -0.4 is 5.73 Å². The van der Waals surface area contributed by atoms with Crippen molar-refractivity contribution < 1.29 is 8.42 Å². The van der Waals surface area contributed by atoms with E-state index in [9.17, 15) is 8.42 Å². The van der Waals surface area contributed by atoms with Gasteiger partial charge in [-0.15, -0.1) is 24.0 Å². The summed E-state index contributed by atoms with van der Waals surface area (Å²) in [6.07, 6.45) is 2.21. The van der Waals surface area contributed by atoms with Crippen molar-refractivity contribution in [2.24, 2.45) is 16.6 Å². The zero-order valence-corrected chi connectivity index (χ0v) is 17.8. The highest BCUT2D eigenvalue weighted by molar-refractivity contribution is 14.0. The number of hydrogen-bond donors (Lipinski definition) is 1. The van der Waals surface area contributed by atoms with Crippen molar-refractivity contribution in [3.05, 3.63) is 29.8 Å². The first-order chi connectivity index (χ1) is 10.8. The molecule has 24 heavy (non-hydrogen) atoms. The van der Waals surface area contributed by atoms with Crippen LogP contribution in [0.15, 0.2) is 34.2 Å². The Kier molecular flexibility index (Phi) is 7.98. The van der Waals surface area contributed by atoms with Crippen molar-refractivity contribution in [3.8, 4) is 0 Å². The van der Waals surface area contributed by atoms with Gasteiger partial charge in [0.1, 0.15) is 0 Å². The van der Waals surface area contributed by atoms with Crippen LogP contribution in [-0.4, -0.2) is 44.2 Å². The van der Waals surface area contributed by atoms with Crippen molar-refractivity contribution in [2.45, 2.75) is 44.6 Å². The molecule has 0 radical (unpaired) electrons. The van der Waals surface area contributed by atoms with Crippen LogP contribution in [0.25, 0.3) is 0 Å². The first-order valence-electron chi connectivity index (χ1n) is 8.15. The van der Waals surface area contributed by atoms with Gasteiger partial charge in [-0.05, 0) is 44.7 Å². The van der Waals surface area contributed by atoms with Crippen LogP contribution in [0, 0.1) is 12.8 Å². The first-order valence-corrected chi connectivity index (χ1v) is 9.81. The van der Waals surface area contributed by atoms with E-state index >= 15 is 0 Å². The fourth-order valence-corrected chi connectivity index (χ4v) is 4.19. The third-order valence-corrected chi connectivity index (χ3v) is 6.21. The quantitative estimate of drug-likeness (QED) is 0.422. The second-order valence-corrected chi connectivity index (χ2v) is 8.63. The largest absolute Gasteiger partial charge is 0.370 e. The van der Waals surface area contributed by atoms with Crippen molar-refractivity contribution in [1.29, 1.82) is 0 Å². The minimum Gasteiger partial charge on any atom is -0.370 e. The molecule has 1 aromatic carbocycles. The molecule has 1 saturated heterocycles. The molecule has 0 bridgehead atoms. The SMILES string of the molecule is Cc1ccc(S(=O)(=O)CC(C)N=C(N)N2CCC(C)CC2)cc1.I. The van der Waals surface area contributed by atoms with Gasteiger partial charge >= 0.3 is 0 Å². The van der Waals surface area contributed by atoms with Gasteiger partial charge in [-0.25, -0.2) is 13.4 Å². The minimum absolute atomic E-state index is 0. The van der Waals surface area contributed by atoms with Crippen LogP contribution in [0.5, 0.6) is 0 Å². The van der Waals surface area contributed by atoms with Crippen LogP contribution in [0.3, 0.4) is 0 Å². The van der Waals surface area contributed by atoms with Gasteiger partial charge < -0.3 is 10.6 Å². The van der Waals surface area contributed by atoms with E-state index in [1.165, 1.54) is 0 Å². The standard InChI is InChI=1S/C17H27N3O2S.HI/c1-13-4-6-16(7-5-13)23(21,22)12-15(3)19-17(18)20-10-8-14(2)9-11-20;/h4-7,14-15H,8-12H2,1-3H3,(H2,18,19);1H. The number of nitrogens with zero attached hydrogens (tertiary/aromatic N) is 2. The zero-order valence-electron chi connectivity index (χ0n) is 14.6. The predicted molar refractivity (Wildman–Crippen MR) is 110 cm³/mol. The maximum absolute atomic E-state index is 12.4. The highest BCUT2D eigenvalue weighted by atomic mass is 127. The summed E-state index contributed by atoms with van der Waals surface area (Å²) in [6.45, 7) is 7.76. The maximum atomic E-state index is 12.4. The van der Waals surface area contributed by atoms with Crippen molar-refractivity contribution in [1.82, 2.24) is 4.90 Å². The Hall–Kier alpha value is -0.830. The fourth-order valence-electron chi connectivity index (χ4n) is 2.74. The van der Waals surface area contributed by atoms with E-state index in [0.717, 1.165) is 37.4 Å². The van der Waals surface area contributed by atoms with Crippen LogP contribution in [0.1, 0.15) is 32.3 Å². The number of rotatable bonds is 4. The molecule has 1 atom stereocenters. The Morgan fingerprint density at radius 1 is 1.29 bits per heavy atom. The predicted octanol–water partition coefficient (Wildman–Crippen LogP) is 2.82. The average Bonchev–Trinajstić information content (AvgIpc) is 2.47. The first kappa shape index (κ1) is 21.2. The number of sulfone groups is 1. The van der Waals surface area contributed by atoms with Crippen molar-refractivity contribution in [2.75, 3.05) is 18.8 Å². The van der Waals surface area contributed by atoms with E-state index in [1.54, 1.807) is 19.1 Å². The molecule has 2 rings (SSSR count). The normalized spacial score (nSPS) is 18.1. The molecule has 0 saturated carbocycles. The minimum atomic E-state index is -3.34. The van der Waals surface area contributed by atoms with Gasteiger partial charge in [0, 0.05) is 13.1 Å². The number of benzene rings is 1. The van der Waals surface area contributed by atoms with E-state index in [4.69, 9.17) is 5.73 Å². The summed E-state index contributed by atoms with van der Waals surface area (Å²) in [4.78, 5) is 6.79. The van der Waals surface area contributed by atoms with E-state index in [0.29, 0.717) is 10.9 Å². The Bertz CT molecular complexity index is 651. The number of likely N-dealkylation sites (tertiary alicyclic amines) is 1. The van der Waals surface area contributed by atoms with Gasteiger partial charge in [0.15, 0.2) is 15.8 Å². The van der Waals surface area contributed by atoms with Crippen LogP contribution in [0.4, 0.5) is 0 Å². The Labute approximate surface area is 162 Å². The third kappa shape index (κ3) is 5.91. The lowest BCUT2D eigenvalue weighted by Crippen LogP contribution is -2.43. The fraction of sp³-hybridized carbons (Fsp3) is 0.588. The van der Waals surface area contributed by atoms with Crippen LogP contribution >= 0.6 is 24.0 Å². The summed E-state index contributed by atoms with van der Waals surface area (Å²) in [6, 6.07) is 6.56. The van der Waals surface area contributed by atoms with Gasteiger partial charge in [-0.2, -0.15) is 0 Å². The zero-order chi connectivity index (χ0) is 17.0. The number of aliphatic imine (C=N–C) groups is 1. The molecule has 1 aliphatic rings. The Balaban J connectivity index is 0.00000288. The lowest BCUT2D eigenvalue weighted by molar-refractivity contribution is 0.277. The molecular formula is C17H28IN3O2S. The highest BCUT2D eigenvalue weighted by Gasteiger charge is 2.21. The van der Waals surface area contributed by atoms with E-state index in [2.05, 4.69) is 16.8 Å². The second-order valence-electron chi connectivity index (χ2n) is 6.60. The molecule has 0 aromatic heterocycles. The maximum Gasteiger partial charge on any atom is 0.191 e. The van der Waals surface area contributed by atoms with E-state index in [-0.39, 0.29) is 35.8 Å². The summed E-state index contributed by atoms with van der Waals surface area (Å²) < 4.78 is 24.9. The number of hydrogen-bond acceptors (Lipinski definition) is 3. The van der Waals surface area contributed by atoms with Gasteiger partial charge in [0.25, 0.3) is 0 Å². The molecule has 136 valence electrons. The van der Waals surface area contributed by atoms with Crippen molar-refractivity contribution >= 4 is 39.8 Å². The summed E-state index contributed by atoms with van der Waals surface area (Å²) in [5.74, 6) is 1.16. The van der Waals surface area contributed by atoms with Gasteiger partial charge in [-0.1, -0.05) is 24.6 Å². The molecule has 7 heteroatoms. The molecule has 1 heterocycles. The van der Waals surface area contributed by atoms with Crippen molar-refractivity contribution in [3.63, 3.8) is 0 Å². The van der Waals surface area contributed by atoms with Gasteiger partial charge in [0.05, 0.1) is 16.7 Å². The molecule has 2 N–H and O–H groups in total. The second kappa shape index (κ2) is 9.03. The summed E-state index contributed by atoms with van der Waals surface area (Å²) in [5, 5.41) is 0. The van der Waals surface area contributed by atoms with Crippen LogP contribution in [-0.2, 0) is 9.84 Å². The van der Waals surface area contributed by atoms with E-state index in [1.807, 2.05) is 19.1 Å². The molecule has 1 aromatic rings. The summed E-state index contributed by atoms with van der Waals surface area (Å²) in [7, 11) is -3.34. The number of aryl methyl sites for hydroxylation is 1. The number of nitrogens with two attached hydrogens (primary N) is 1. The van der Waals surface area contributed by atoms with Gasteiger partial charge in [0.2, 0.25) is 0 Å². The molecule has 1 fully saturated rings.